The molecule has 1 aromatic heterocycles. The zero-order valence-corrected chi connectivity index (χ0v) is 10.0. The van der Waals surface area contributed by atoms with Gasteiger partial charge in [0.15, 0.2) is 0 Å². The van der Waals surface area contributed by atoms with Gasteiger partial charge in [0.25, 0.3) is 0 Å². The van der Waals surface area contributed by atoms with Gasteiger partial charge in [-0.05, 0) is 44.6 Å². The van der Waals surface area contributed by atoms with Crippen molar-refractivity contribution in [2.45, 2.75) is 57.5 Å². The van der Waals surface area contributed by atoms with E-state index in [9.17, 15) is 0 Å². The predicted octanol–water partition coefficient (Wildman–Crippen LogP) is 2.58. The fourth-order valence-electron chi connectivity index (χ4n) is 2.41. The topological polar surface area (TPSA) is 43.8 Å². The van der Waals surface area contributed by atoms with Crippen LogP contribution in [0.3, 0.4) is 0 Å². The lowest BCUT2D eigenvalue weighted by molar-refractivity contribution is 0.403. The van der Waals surface area contributed by atoms with Gasteiger partial charge in [-0.1, -0.05) is 6.42 Å². The van der Waals surface area contributed by atoms with E-state index in [0.29, 0.717) is 0 Å². The second-order valence-corrected chi connectivity index (χ2v) is 5.54. The third kappa shape index (κ3) is 1.88. The first kappa shape index (κ1) is 10.3. The second-order valence-electron chi connectivity index (χ2n) is 5.54. The minimum absolute atomic E-state index is 0.111. The van der Waals surface area contributed by atoms with Crippen molar-refractivity contribution in [3.8, 4) is 0 Å². The van der Waals surface area contributed by atoms with Crippen LogP contribution >= 0.6 is 0 Å². The summed E-state index contributed by atoms with van der Waals surface area (Å²) in [4.78, 5) is 0. The second kappa shape index (κ2) is 3.88. The lowest BCUT2D eigenvalue weighted by atomic mass is 9.83. The maximum absolute atomic E-state index is 6.02. The summed E-state index contributed by atoms with van der Waals surface area (Å²) >= 11 is 0. The zero-order chi connectivity index (χ0) is 11.1. The van der Waals surface area contributed by atoms with Crippen LogP contribution in [0.1, 0.15) is 62.4 Å². The van der Waals surface area contributed by atoms with Crippen molar-refractivity contribution in [3.05, 3.63) is 17.5 Å². The van der Waals surface area contributed by atoms with Crippen molar-refractivity contribution in [1.29, 1.82) is 0 Å². The van der Waals surface area contributed by atoms with Gasteiger partial charge in [-0.15, -0.1) is 0 Å². The third-order valence-corrected chi connectivity index (χ3v) is 3.95. The molecule has 88 valence electrons. The summed E-state index contributed by atoms with van der Waals surface area (Å²) in [6.07, 6.45) is 6.75. The summed E-state index contributed by atoms with van der Waals surface area (Å²) in [5, 5.41) is 4.77. The summed E-state index contributed by atoms with van der Waals surface area (Å²) in [6.45, 7) is 3.15. The predicted molar refractivity (Wildman–Crippen MR) is 64.1 cm³/mol. The third-order valence-electron chi connectivity index (χ3n) is 3.95. The van der Waals surface area contributed by atoms with Gasteiger partial charge in [0.2, 0.25) is 0 Å². The molecule has 1 aromatic rings. The van der Waals surface area contributed by atoms with Crippen molar-refractivity contribution in [2.24, 2.45) is 11.7 Å². The van der Waals surface area contributed by atoms with E-state index in [1.807, 2.05) is 0 Å². The molecule has 0 amide bonds. The Balaban J connectivity index is 1.83. The molecule has 2 saturated carbocycles. The van der Waals surface area contributed by atoms with E-state index < -0.39 is 0 Å². The molecule has 0 radical (unpaired) electrons. The number of nitrogens with two attached hydrogens (primary N) is 1. The minimum atomic E-state index is 0.111. The van der Waals surface area contributed by atoms with E-state index in [0.717, 1.165) is 18.4 Å². The molecule has 0 bridgehead atoms. The summed E-state index contributed by atoms with van der Waals surface area (Å²) in [5.41, 5.74) is 8.54. The van der Waals surface area contributed by atoms with E-state index in [1.165, 1.54) is 43.5 Å². The molecule has 2 fully saturated rings. The maximum Gasteiger partial charge on any atom is 0.0659 e. The first-order valence-corrected chi connectivity index (χ1v) is 6.57. The van der Waals surface area contributed by atoms with Gasteiger partial charge in [0.05, 0.1) is 11.4 Å². The molecule has 2 aliphatic carbocycles. The van der Waals surface area contributed by atoms with Gasteiger partial charge in [-0.3, -0.25) is 4.68 Å². The van der Waals surface area contributed by atoms with E-state index >= 15 is 0 Å². The molecule has 0 saturated heterocycles. The Morgan fingerprint density at radius 1 is 1.44 bits per heavy atom. The molecule has 3 nitrogen and oxygen atoms in total. The van der Waals surface area contributed by atoms with Gasteiger partial charge in [0.1, 0.15) is 0 Å². The van der Waals surface area contributed by atoms with Crippen molar-refractivity contribution in [3.63, 3.8) is 0 Å². The van der Waals surface area contributed by atoms with Crippen LogP contribution in [0.15, 0.2) is 6.07 Å². The van der Waals surface area contributed by atoms with E-state index in [2.05, 4.69) is 17.7 Å². The standard InChI is InChI=1S/C13H21N3/c1-9(14)13-7-12(11-3-2-4-11)15-16(13)8-10-5-6-10/h7,9-11H,2-6,8,14H2,1H3/t9-/m0/s1. The van der Waals surface area contributed by atoms with Crippen molar-refractivity contribution < 1.29 is 0 Å². The van der Waals surface area contributed by atoms with Crippen LogP contribution in [-0.2, 0) is 6.54 Å². The van der Waals surface area contributed by atoms with Crippen LogP contribution in [0, 0.1) is 5.92 Å². The smallest absolute Gasteiger partial charge is 0.0659 e. The SMILES string of the molecule is C[C@H](N)c1cc(C2CCC2)nn1CC1CC1. The highest BCUT2D eigenvalue weighted by molar-refractivity contribution is 5.19. The summed E-state index contributed by atoms with van der Waals surface area (Å²) < 4.78 is 2.18. The molecule has 3 heteroatoms. The molecule has 1 atom stereocenters. The number of aromatic nitrogens is 2. The highest BCUT2D eigenvalue weighted by Crippen LogP contribution is 2.37. The highest BCUT2D eigenvalue weighted by atomic mass is 15.3. The Morgan fingerprint density at radius 2 is 2.19 bits per heavy atom. The Bertz CT molecular complexity index is 373. The highest BCUT2D eigenvalue weighted by Gasteiger charge is 2.27. The number of hydrogen-bond donors (Lipinski definition) is 1. The fraction of sp³-hybridized carbons (Fsp3) is 0.769. The summed E-state index contributed by atoms with van der Waals surface area (Å²) in [5.74, 6) is 1.59. The minimum Gasteiger partial charge on any atom is -0.323 e. The molecule has 2 aliphatic rings. The van der Waals surface area contributed by atoms with E-state index in [-0.39, 0.29) is 6.04 Å². The molecular weight excluding hydrogens is 198 g/mol. The van der Waals surface area contributed by atoms with Crippen LogP contribution in [0.2, 0.25) is 0 Å². The Hall–Kier alpha value is -0.830. The van der Waals surface area contributed by atoms with Gasteiger partial charge in [-0.2, -0.15) is 5.10 Å². The monoisotopic (exact) mass is 219 g/mol. The zero-order valence-electron chi connectivity index (χ0n) is 10.0. The first-order chi connectivity index (χ1) is 7.74. The quantitative estimate of drug-likeness (QED) is 0.845. The molecule has 0 unspecified atom stereocenters. The largest absolute Gasteiger partial charge is 0.323 e. The number of hydrogen-bond acceptors (Lipinski definition) is 2. The Labute approximate surface area is 97.0 Å². The Morgan fingerprint density at radius 3 is 2.69 bits per heavy atom. The lowest BCUT2D eigenvalue weighted by Gasteiger charge is -2.22. The van der Waals surface area contributed by atoms with Crippen LogP contribution in [0.25, 0.3) is 0 Å². The average molecular weight is 219 g/mol. The molecular formula is C13H21N3. The molecule has 16 heavy (non-hydrogen) atoms. The van der Waals surface area contributed by atoms with Gasteiger partial charge in [-0.25, -0.2) is 0 Å². The number of rotatable bonds is 4. The van der Waals surface area contributed by atoms with Gasteiger partial charge in [0, 0.05) is 18.5 Å². The summed E-state index contributed by atoms with van der Waals surface area (Å²) in [7, 11) is 0. The Kier molecular flexibility index (Phi) is 2.51. The van der Waals surface area contributed by atoms with Crippen molar-refractivity contribution >= 4 is 0 Å². The number of nitrogens with zero attached hydrogens (tertiary/aromatic N) is 2. The lowest BCUT2D eigenvalue weighted by Crippen LogP contribution is -2.14. The van der Waals surface area contributed by atoms with Gasteiger partial charge < -0.3 is 5.73 Å². The molecule has 0 aliphatic heterocycles. The average Bonchev–Trinajstić information content (AvgIpc) is 2.84. The maximum atomic E-state index is 6.02. The van der Waals surface area contributed by atoms with E-state index in [1.54, 1.807) is 0 Å². The van der Waals surface area contributed by atoms with Crippen LogP contribution in [-0.4, -0.2) is 9.78 Å². The molecule has 1 heterocycles. The van der Waals surface area contributed by atoms with Crippen molar-refractivity contribution in [1.82, 2.24) is 9.78 Å². The molecule has 0 aromatic carbocycles. The molecule has 3 rings (SSSR count). The van der Waals surface area contributed by atoms with E-state index in [4.69, 9.17) is 10.8 Å². The van der Waals surface area contributed by atoms with Crippen LogP contribution in [0.5, 0.6) is 0 Å². The summed E-state index contributed by atoms with van der Waals surface area (Å²) in [6, 6.07) is 2.36. The van der Waals surface area contributed by atoms with Crippen molar-refractivity contribution in [2.75, 3.05) is 0 Å². The molecule has 2 N–H and O–H groups in total. The van der Waals surface area contributed by atoms with Gasteiger partial charge >= 0.3 is 0 Å². The fourth-order valence-corrected chi connectivity index (χ4v) is 2.41. The first-order valence-electron chi connectivity index (χ1n) is 6.57. The van der Waals surface area contributed by atoms with Crippen LogP contribution < -0.4 is 5.73 Å². The van der Waals surface area contributed by atoms with Crippen LogP contribution in [0.4, 0.5) is 0 Å². The normalized spacial score (nSPS) is 23.1. The molecule has 0 spiro atoms.